The minimum absolute atomic E-state index is 0.441. The molecule has 1 heterocycles. The van der Waals surface area contributed by atoms with Crippen LogP contribution < -0.4 is 5.73 Å². The summed E-state index contributed by atoms with van der Waals surface area (Å²) in [5.41, 5.74) is 7.15. The Hall–Kier alpha value is -2.20. The molecule has 0 saturated heterocycles. The van der Waals surface area contributed by atoms with E-state index in [0.717, 1.165) is 5.56 Å². The van der Waals surface area contributed by atoms with E-state index in [1.54, 1.807) is 30.3 Å². The van der Waals surface area contributed by atoms with Crippen LogP contribution in [0, 0.1) is 0 Å². The summed E-state index contributed by atoms with van der Waals surface area (Å²) in [6, 6.07) is 8.69. The Kier molecular flexibility index (Phi) is 3.92. The van der Waals surface area contributed by atoms with Gasteiger partial charge in [0.2, 0.25) is 0 Å². The van der Waals surface area contributed by atoms with Gasteiger partial charge in [-0.05, 0) is 36.4 Å². The van der Waals surface area contributed by atoms with Crippen LogP contribution in [0.4, 0.5) is 5.69 Å². The van der Waals surface area contributed by atoms with Gasteiger partial charge in [0.05, 0.1) is 7.11 Å². The Bertz CT molecular complexity index is 631. The highest BCUT2D eigenvalue weighted by Crippen LogP contribution is 2.30. The number of nitrogens with two attached hydrogens (primary N) is 1. The van der Waals surface area contributed by atoms with Gasteiger partial charge in [0.25, 0.3) is 0 Å². The number of methoxy groups -OCH3 is 1. The van der Waals surface area contributed by atoms with E-state index in [-0.39, 0.29) is 0 Å². The van der Waals surface area contributed by atoms with Crippen molar-refractivity contribution in [3.63, 3.8) is 0 Å². The lowest BCUT2D eigenvalue weighted by Crippen LogP contribution is -1.92. The monoisotopic (exact) mass is 277 g/mol. The molecule has 0 saturated carbocycles. The second-order valence-corrected chi connectivity index (χ2v) is 4.23. The van der Waals surface area contributed by atoms with Crippen molar-refractivity contribution >= 4 is 29.3 Å². The quantitative estimate of drug-likeness (QED) is 0.531. The van der Waals surface area contributed by atoms with Crippen molar-refractivity contribution in [2.24, 2.45) is 0 Å². The lowest BCUT2D eigenvalue weighted by atomic mass is 10.1. The second kappa shape index (κ2) is 5.63. The van der Waals surface area contributed by atoms with E-state index in [4.69, 9.17) is 21.8 Å². The number of carbonyl (C=O) groups excluding carboxylic acids is 1. The Morgan fingerprint density at radius 2 is 2.16 bits per heavy atom. The van der Waals surface area contributed by atoms with Crippen molar-refractivity contribution in [1.82, 2.24) is 0 Å². The summed E-state index contributed by atoms with van der Waals surface area (Å²) in [4.78, 5) is 11.0. The minimum Gasteiger partial charge on any atom is -0.466 e. The maximum Gasteiger partial charge on any atom is 0.330 e. The van der Waals surface area contributed by atoms with Crippen LogP contribution >= 0.6 is 11.6 Å². The van der Waals surface area contributed by atoms with Gasteiger partial charge in [0, 0.05) is 22.3 Å². The Morgan fingerprint density at radius 1 is 1.37 bits per heavy atom. The van der Waals surface area contributed by atoms with Crippen molar-refractivity contribution in [3.05, 3.63) is 47.2 Å². The van der Waals surface area contributed by atoms with Crippen LogP contribution in [0.3, 0.4) is 0 Å². The topological polar surface area (TPSA) is 65.5 Å². The van der Waals surface area contributed by atoms with E-state index >= 15 is 0 Å². The molecule has 1 aromatic carbocycles. The fourth-order valence-corrected chi connectivity index (χ4v) is 1.74. The number of carbonyl (C=O) groups is 1. The first-order chi connectivity index (χ1) is 9.10. The Labute approximate surface area is 115 Å². The molecular weight excluding hydrogens is 266 g/mol. The van der Waals surface area contributed by atoms with E-state index in [9.17, 15) is 4.79 Å². The number of halogens is 1. The molecule has 2 aromatic rings. The fraction of sp³-hybridized carbons (Fsp3) is 0.0714. The molecule has 2 rings (SSSR count). The van der Waals surface area contributed by atoms with Crippen LogP contribution in [0.2, 0.25) is 5.02 Å². The third kappa shape index (κ3) is 3.17. The molecule has 0 unspecified atom stereocenters. The third-order valence-corrected chi connectivity index (χ3v) is 2.73. The molecule has 0 amide bonds. The number of hydrogen-bond donors (Lipinski definition) is 1. The van der Waals surface area contributed by atoms with E-state index in [1.165, 1.54) is 19.3 Å². The number of esters is 1. The normalized spacial score (nSPS) is 10.8. The van der Waals surface area contributed by atoms with Gasteiger partial charge in [-0.2, -0.15) is 0 Å². The number of nitrogen functional groups attached to an aromatic ring is 1. The highest BCUT2D eigenvalue weighted by Gasteiger charge is 2.07. The SMILES string of the molecule is COC(=O)/C=C/c1ccc(-c2ccc(Cl)cc2N)o1. The summed E-state index contributed by atoms with van der Waals surface area (Å²) in [6.07, 6.45) is 2.81. The molecule has 2 N–H and O–H groups in total. The van der Waals surface area contributed by atoms with Gasteiger partial charge in [0.1, 0.15) is 11.5 Å². The summed E-state index contributed by atoms with van der Waals surface area (Å²) < 4.78 is 10.1. The third-order valence-electron chi connectivity index (χ3n) is 2.49. The van der Waals surface area contributed by atoms with Crippen molar-refractivity contribution in [1.29, 1.82) is 0 Å². The van der Waals surface area contributed by atoms with Gasteiger partial charge in [-0.15, -0.1) is 0 Å². The van der Waals surface area contributed by atoms with Crippen LogP contribution in [0.25, 0.3) is 17.4 Å². The number of hydrogen-bond acceptors (Lipinski definition) is 4. The molecule has 1 aromatic heterocycles. The standard InChI is InChI=1S/C14H12ClNO3/c1-18-14(17)7-4-10-3-6-13(19-10)11-5-2-9(15)8-12(11)16/h2-8H,16H2,1H3/b7-4+. The number of ether oxygens (including phenoxy) is 1. The summed E-state index contributed by atoms with van der Waals surface area (Å²) in [7, 11) is 1.31. The van der Waals surface area contributed by atoms with E-state index in [1.807, 2.05) is 0 Å². The molecule has 98 valence electrons. The first kappa shape index (κ1) is 13.2. The molecule has 0 atom stereocenters. The molecule has 4 nitrogen and oxygen atoms in total. The summed E-state index contributed by atoms with van der Waals surface area (Å²) >= 11 is 5.84. The van der Waals surface area contributed by atoms with Gasteiger partial charge < -0.3 is 14.9 Å². The molecule has 0 bridgehead atoms. The van der Waals surface area contributed by atoms with E-state index in [2.05, 4.69) is 4.74 Å². The van der Waals surface area contributed by atoms with Crippen molar-refractivity contribution in [2.75, 3.05) is 12.8 Å². The highest BCUT2D eigenvalue weighted by atomic mass is 35.5. The molecule has 5 heteroatoms. The van der Waals surface area contributed by atoms with Crippen molar-refractivity contribution < 1.29 is 13.9 Å². The maximum absolute atomic E-state index is 11.0. The molecule has 0 radical (unpaired) electrons. The van der Waals surface area contributed by atoms with Gasteiger partial charge in [-0.3, -0.25) is 0 Å². The van der Waals surface area contributed by atoms with Crippen molar-refractivity contribution in [2.45, 2.75) is 0 Å². The van der Waals surface area contributed by atoms with Gasteiger partial charge >= 0.3 is 5.97 Å². The maximum atomic E-state index is 11.0. The molecule has 0 aliphatic rings. The highest BCUT2D eigenvalue weighted by molar-refractivity contribution is 6.31. The fourth-order valence-electron chi connectivity index (χ4n) is 1.56. The molecule has 0 spiro atoms. The zero-order valence-corrected chi connectivity index (χ0v) is 11.0. The van der Waals surface area contributed by atoms with Crippen LogP contribution in [-0.2, 0) is 9.53 Å². The van der Waals surface area contributed by atoms with E-state index in [0.29, 0.717) is 22.2 Å². The van der Waals surface area contributed by atoms with Crippen LogP contribution in [0.5, 0.6) is 0 Å². The minimum atomic E-state index is -0.441. The second-order valence-electron chi connectivity index (χ2n) is 3.79. The van der Waals surface area contributed by atoms with Crippen LogP contribution in [-0.4, -0.2) is 13.1 Å². The lowest BCUT2D eigenvalue weighted by Gasteiger charge is -2.02. The van der Waals surface area contributed by atoms with Crippen LogP contribution in [0.1, 0.15) is 5.76 Å². The zero-order chi connectivity index (χ0) is 13.8. The number of furan rings is 1. The average Bonchev–Trinajstić information content (AvgIpc) is 2.84. The van der Waals surface area contributed by atoms with Crippen molar-refractivity contribution in [3.8, 4) is 11.3 Å². The zero-order valence-electron chi connectivity index (χ0n) is 10.2. The summed E-state index contributed by atoms with van der Waals surface area (Å²) in [5, 5.41) is 0.568. The smallest absolute Gasteiger partial charge is 0.330 e. The lowest BCUT2D eigenvalue weighted by molar-refractivity contribution is -0.134. The Balaban J connectivity index is 2.26. The predicted molar refractivity (Wildman–Crippen MR) is 74.6 cm³/mol. The average molecular weight is 278 g/mol. The molecule has 19 heavy (non-hydrogen) atoms. The number of benzene rings is 1. The molecule has 0 aliphatic heterocycles. The summed E-state index contributed by atoms with van der Waals surface area (Å²) in [5.74, 6) is 0.706. The molecule has 0 aliphatic carbocycles. The largest absolute Gasteiger partial charge is 0.466 e. The number of rotatable bonds is 3. The van der Waals surface area contributed by atoms with E-state index < -0.39 is 5.97 Å². The Morgan fingerprint density at radius 3 is 2.84 bits per heavy atom. The predicted octanol–water partition coefficient (Wildman–Crippen LogP) is 3.37. The van der Waals surface area contributed by atoms with Crippen LogP contribution in [0.15, 0.2) is 40.8 Å². The molecular formula is C14H12ClNO3. The summed E-state index contributed by atoms with van der Waals surface area (Å²) in [6.45, 7) is 0. The van der Waals surface area contributed by atoms with Gasteiger partial charge in [0.15, 0.2) is 0 Å². The molecule has 0 fully saturated rings. The first-order valence-corrected chi connectivity index (χ1v) is 5.89. The van der Waals surface area contributed by atoms with Gasteiger partial charge in [-0.25, -0.2) is 4.79 Å². The first-order valence-electron chi connectivity index (χ1n) is 5.51. The van der Waals surface area contributed by atoms with Gasteiger partial charge in [-0.1, -0.05) is 11.6 Å². The number of anilines is 1.